The van der Waals surface area contributed by atoms with Crippen LogP contribution >= 0.6 is 15.9 Å². The third-order valence-corrected chi connectivity index (χ3v) is 6.92. The van der Waals surface area contributed by atoms with E-state index in [0.717, 1.165) is 41.5 Å². The fourth-order valence-corrected chi connectivity index (χ4v) is 4.63. The van der Waals surface area contributed by atoms with Gasteiger partial charge in [0.25, 0.3) is 5.91 Å². The summed E-state index contributed by atoms with van der Waals surface area (Å²) in [5.41, 5.74) is 3.69. The second-order valence-corrected chi connectivity index (χ2v) is 9.40. The van der Waals surface area contributed by atoms with Crippen molar-refractivity contribution in [2.45, 2.75) is 32.2 Å². The number of rotatable bonds is 4. The van der Waals surface area contributed by atoms with Crippen LogP contribution in [0.1, 0.15) is 35.2 Å². The molecule has 32 heavy (non-hydrogen) atoms. The molecule has 7 nitrogen and oxygen atoms in total. The van der Waals surface area contributed by atoms with Crippen molar-refractivity contribution in [2.24, 2.45) is 0 Å². The third kappa shape index (κ3) is 4.24. The molecule has 168 valence electrons. The molecule has 2 aromatic carbocycles. The number of hydrogen-bond donors (Lipinski definition) is 1. The van der Waals surface area contributed by atoms with E-state index in [0.29, 0.717) is 16.9 Å². The predicted octanol–water partition coefficient (Wildman–Crippen LogP) is 3.80. The first-order valence-corrected chi connectivity index (χ1v) is 11.6. The molecule has 0 bridgehead atoms. The molecule has 0 spiro atoms. The number of benzene rings is 2. The van der Waals surface area contributed by atoms with Crippen molar-refractivity contribution in [1.29, 1.82) is 0 Å². The van der Waals surface area contributed by atoms with E-state index in [-0.39, 0.29) is 30.3 Å². The Labute approximate surface area is 196 Å². The summed E-state index contributed by atoms with van der Waals surface area (Å²) in [6.07, 6.45) is 2.77. The molecule has 0 radical (unpaired) electrons. The highest BCUT2D eigenvalue weighted by Crippen LogP contribution is 2.40. The van der Waals surface area contributed by atoms with Gasteiger partial charge in [0, 0.05) is 36.4 Å². The van der Waals surface area contributed by atoms with Crippen LogP contribution in [-0.2, 0) is 9.59 Å². The number of amides is 3. The lowest BCUT2D eigenvalue weighted by Gasteiger charge is -2.45. The molecule has 2 aliphatic rings. The molecular formula is C24H27BrN4O3. The Morgan fingerprint density at radius 2 is 1.91 bits per heavy atom. The molecule has 8 heteroatoms. The fraction of sp³-hybridized carbons (Fsp3) is 0.375. The number of nitrogens with one attached hydrogen (secondary N) is 1. The van der Waals surface area contributed by atoms with Crippen LogP contribution in [0.4, 0.5) is 17.1 Å². The van der Waals surface area contributed by atoms with Gasteiger partial charge in [-0.25, -0.2) is 0 Å². The van der Waals surface area contributed by atoms with E-state index in [9.17, 15) is 14.4 Å². The van der Waals surface area contributed by atoms with Crippen molar-refractivity contribution < 1.29 is 14.4 Å². The Kier molecular flexibility index (Phi) is 6.24. The van der Waals surface area contributed by atoms with E-state index < -0.39 is 0 Å². The van der Waals surface area contributed by atoms with Gasteiger partial charge in [-0.05, 0) is 68.1 Å². The Hall–Kier alpha value is -2.87. The molecule has 3 amide bonds. The van der Waals surface area contributed by atoms with E-state index in [4.69, 9.17) is 0 Å². The summed E-state index contributed by atoms with van der Waals surface area (Å²) in [7, 11) is 3.39. The summed E-state index contributed by atoms with van der Waals surface area (Å²) in [5, 5.41) is 2.89. The molecule has 1 fully saturated rings. The van der Waals surface area contributed by atoms with Gasteiger partial charge in [-0.15, -0.1) is 0 Å². The monoisotopic (exact) mass is 498 g/mol. The molecule has 2 heterocycles. The van der Waals surface area contributed by atoms with Gasteiger partial charge in [0.1, 0.15) is 12.6 Å². The van der Waals surface area contributed by atoms with Crippen LogP contribution in [0, 0.1) is 6.92 Å². The van der Waals surface area contributed by atoms with E-state index in [1.165, 1.54) is 9.80 Å². The minimum atomic E-state index is -0.278. The lowest BCUT2D eigenvalue weighted by Crippen LogP contribution is -2.56. The molecule has 0 unspecified atom stereocenters. The summed E-state index contributed by atoms with van der Waals surface area (Å²) in [4.78, 5) is 44.1. The van der Waals surface area contributed by atoms with E-state index in [1.54, 1.807) is 26.2 Å². The molecule has 2 aromatic rings. The number of carbonyl (C=O) groups excluding carboxylic acids is 3. The average molecular weight is 499 g/mol. The van der Waals surface area contributed by atoms with Gasteiger partial charge in [-0.1, -0.05) is 15.9 Å². The summed E-state index contributed by atoms with van der Waals surface area (Å²) in [5.74, 6) is -0.510. The summed E-state index contributed by atoms with van der Waals surface area (Å²) in [6.45, 7) is 2.64. The zero-order valence-corrected chi connectivity index (χ0v) is 20.1. The molecule has 4 rings (SSSR count). The first-order valence-electron chi connectivity index (χ1n) is 10.8. The highest BCUT2D eigenvalue weighted by molar-refractivity contribution is 9.10. The Morgan fingerprint density at radius 3 is 2.62 bits per heavy atom. The predicted molar refractivity (Wildman–Crippen MR) is 129 cm³/mol. The first-order chi connectivity index (χ1) is 15.3. The first kappa shape index (κ1) is 22.3. The van der Waals surface area contributed by atoms with Gasteiger partial charge in [0.05, 0.1) is 11.4 Å². The fourth-order valence-electron chi connectivity index (χ4n) is 4.38. The third-order valence-electron chi connectivity index (χ3n) is 6.03. The van der Waals surface area contributed by atoms with Crippen molar-refractivity contribution in [1.82, 2.24) is 4.90 Å². The van der Waals surface area contributed by atoms with E-state index in [2.05, 4.69) is 26.1 Å². The SMILES string of the molecule is Cc1cc(NC(=O)CN2C(=O)[C@H]3CCCCN3c3ccc(C(=O)N(C)C)cc32)ccc1Br. The lowest BCUT2D eigenvalue weighted by atomic mass is 9.95. The van der Waals surface area contributed by atoms with Crippen molar-refractivity contribution in [3.63, 3.8) is 0 Å². The highest BCUT2D eigenvalue weighted by atomic mass is 79.9. The van der Waals surface area contributed by atoms with Crippen LogP contribution in [0.25, 0.3) is 0 Å². The maximum absolute atomic E-state index is 13.4. The number of fused-ring (bicyclic) bond motifs is 3. The van der Waals surface area contributed by atoms with Gasteiger partial charge in [0.2, 0.25) is 11.8 Å². The van der Waals surface area contributed by atoms with Crippen LogP contribution in [0.15, 0.2) is 40.9 Å². The minimum Gasteiger partial charge on any atom is -0.358 e. The molecule has 0 aromatic heterocycles. The summed E-state index contributed by atoms with van der Waals surface area (Å²) < 4.78 is 0.964. The molecular weight excluding hydrogens is 472 g/mol. The van der Waals surface area contributed by atoms with Gasteiger partial charge in [-0.3, -0.25) is 19.3 Å². The van der Waals surface area contributed by atoms with Crippen LogP contribution < -0.4 is 15.1 Å². The number of carbonyl (C=O) groups is 3. The molecule has 1 saturated heterocycles. The maximum atomic E-state index is 13.4. The number of halogens is 1. The van der Waals surface area contributed by atoms with Crippen molar-refractivity contribution >= 4 is 50.7 Å². The second-order valence-electron chi connectivity index (χ2n) is 8.54. The number of piperidine rings is 1. The van der Waals surface area contributed by atoms with Gasteiger partial charge < -0.3 is 15.1 Å². The molecule has 0 aliphatic carbocycles. The van der Waals surface area contributed by atoms with Crippen molar-refractivity contribution in [2.75, 3.05) is 42.3 Å². The van der Waals surface area contributed by atoms with E-state index in [1.807, 2.05) is 31.2 Å². The summed E-state index contributed by atoms with van der Waals surface area (Å²) >= 11 is 3.46. The normalized spacial score (nSPS) is 17.5. The van der Waals surface area contributed by atoms with Crippen LogP contribution in [-0.4, -0.2) is 55.8 Å². The quantitative estimate of drug-likeness (QED) is 0.695. The zero-order valence-electron chi connectivity index (χ0n) is 18.5. The summed E-state index contributed by atoms with van der Waals surface area (Å²) in [6, 6.07) is 10.7. The van der Waals surface area contributed by atoms with Gasteiger partial charge >= 0.3 is 0 Å². The van der Waals surface area contributed by atoms with Crippen molar-refractivity contribution in [3.05, 3.63) is 52.0 Å². The Bertz CT molecular complexity index is 1080. The highest BCUT2D eigenvalue weighted by Gasteiger charge is 2.40. The molecule has 1 N–H and O–H groups in total. The minimum absolute atomic E-state index is 0.0891. The van der Waals surface area contributed by atoms with Crippen LogP contribution in [0.5, 0.6) is 0 Å². The number of anilines is 3. The molecule has 1 atom stereocenters. The van der Waals surface area contributed by atoms with Crippen molar-refractivity contribution in [3.8, 4) is 0 Å². The van der Waals surface area contributed by atoms with E-state index >= 15 is 0 Å². The smallest absolute Gasteiger partial charge is 0.253 e. The number of aryl methyl sites for hydroxylation is 1. The number of hydrogen-bond acceptors (Lipinski definition) is 4. The maximum Gasteiger partial charge on any atom is 0.253 e. The second kappa shape index (κ2) is 8.94. The van der Waals surface area contributed by atoms with Gasteiger partial charge in [0.15, 0.2) is 0 Å². The zero-order chi connectivity index (χ0) is 23.0. The standard InChI is InChI=1S/C24H27BrN4O3/c1-15-12-17(8-9-18(15)25)26-22(30)14-29-21-13-16(23(31)27(2)3)7-10-19(21)28-11-5-4-6-20(28)24(29)32/h7-10,12-13,20H,4-6,11,14H2,1-3H3,(H,26,30)/t20-/m1/s1. The lowest BCUT2D eigenvalue weighted by molar-refractivity contribution is -0.123. The topological polar surface area (TPSA) is 73.0 Å². The van der Waals surface area contributed by atoms with Crippen LogP contribution in [0.3, 0.4) is 0 Å². The Morgan fingerprint density at radius 1 is 1.12 bits per heavy atom. The Balaban J connectivity index is 1.66. The molecule has 0 saturated carbocycles. The van der Waals surface area contributed by atoms with Gasteiger partial charge in [-0.2, -0.15) is 0 Å². The number of nitrogens with zero attached hydrogens (tertiary/aromatic N) is 3. The largest absolute Gasteiger partial charge is 0.358 e. The average Bonchev–Trinajstić information content (AvgIpc) is 2.78. The van der Waals surface area contributed by atoms with Crippen LogP contribution in [0.2, 0.25) is 0 Å². The molecule has 2 aliphatic heterocycles.